The Morgan fingerprint density at radius 1 is 1.27 bits per heavy atom. The summed E-state index contributed by atoms with van der Waals surface area (Å²) in [5.41, 5.74) is 0. The van der Waals surface area contributed by atoms with E-state index in [9.17, 15) is 9.59 Å². The van der Waals surface area contributed by atoms with Crippen LogP contribution < -0.4 is 0 Å². The number of rotatable bonds is 2. The molecule has 2 aliphatic rings. The molecule has 0 radical (unpaired) electrons. The molecule has 2 N–H and O–H groups in total. The van der Waals surface area contributed by atoms with E-state index in [0.717, 1.165) is 25.3 Å². The summed E-state index contributed by atoms with van der Waals surface area (Å²) in [5.74, 6) is -1.78. The van der Waals surface area contributed by atoms with Crippen LogP contribution >= 0.6 is 0 Å². The summed E-state index contributed by atoms with van der Waals surface area (Å²) >= 11 is 0. The van der Waals surface area contributed by atoms with E-state index in [1.807, 2.05) is 0 Å². The monoisotopic (exact) mass is 214 g/mol. The average Bonchev–Trinajstić information content (AvgIpc) is 2.95. The van der Waals surface area contributed by atoms with Gasteiger partial charge in [0.2, 0.25) is 0 Å². The van der Waals surface area contributed by atoms with Crippen molar-refractivity contribution in [1.29, 1.82) is 0 Å². The van der Waals surface area contributed by atoms with Gasteiger partial charge in [-0.05, 0) is 19.3 Å². The van der Waals surface area contributed by atoms with Gasteiger partial charge in [-0.1, -0.05) is 6.58 Å². The molecule has 3 atom stereocenters. The Bertz CT molecular complexity index is 273. The molecule has 1 saturated heterocycles. The predicted octanol–water partition coefficient (Wildman–Crippen LogP) is 0.896. The number of aliphatic carboxylic acids is 2. The molecule has 0 aromatic rings. The topological polar surface area (TPSA) is 87.1 Å². The Kier molecular flexibility index (Phi) is 3.85. The molecule has 1 aliphatic carbocycles. The molecule has 5 heteroatoms. The lowest BCUT2D eigenvalue weighted by Gasteiger charge is -2.12. The summed E-state index contributed by atoms with van der Waals surface area (Å²) in [6.07, 6.45) is 4.02. The van der Waals surface area contributed by atoms with Crippen LogP contribution in [0.3, 0.4) is 0 Å². The minimum Gasteiger partial charge on any atom is -0.481 e. The van der Waals surface area contributed by atoms with Gasteiger partial charge in [0.25, 0.3) is 0 Å². The third-order valence-electron chi connectivity index (χ3n) is 2.53. The molecule has 0 amide bonds. The van der Waals surface area contributed by atoms with Crippen molar-refractivity contribution in [2.75, 3.05) is 0 Å². The van der Waals surface area contributed by atoms with Crippen molar-refractivity contribution in [2.24, 2.45) is 5.92 Å². The molecule has 2 fully saturated rings. The maximum absolute atomic E-state index is 10.5. The van der Waals surface area contributed by atoms with Crippen molar-refractivity contribution in [2.45, 2.75) is 31.5 Å². The number of epoxide rings is 1. The van der Waals surface area contributed by atoms with Crippen LogP contribution in [-0.2, 0) is 14.3 Å². The Balaban J connectivity index is 0.000000195. The van der Waals surface area contributed by atoms with Crippen molar-refractivity contribution >= 4 is 11.9 Å². The number of carboxylic acid groups (broad SMARTS) is 2. The Labute approximate surface area is 87.4 Å². The van der Waals surface area contributed by atoms with Crippen LogP contribution in [0.25, 0.3) is 0 Å². The second kappa shape index (κ2) is 4.93. The number of ether oxygens (including phenoxy) is 1. The van der Waals surface area contributed by atoms with E-state index >= 15 is 0 Å². The highest BCUT2D eigenvalue weighted by Gasteiger charge is 2.45. The van der Waals surface area contributed by atoms with Gasteiger partial charge in [-0.2, -0.15) is 0 Å². The summed E-state index contributed by atoms with van der Waals surface area (Å²) in [7, 11) is 0. The number of hydrogen-bond donors (Lipinski definition) is 2. The largest absolute Gasteiger partial charge is 0.481 e. The molecule has 3 unspecified atom stereocenters. The second-order valence-corrected chi connectivity index (χ2v) is 3.60. The zero-order valence-electron chi connectivity index (χ0n) is 8.26. The first kappa shape index (κ1) is 11.7. The van der Waals surface area contributed by atoms with E-state index in [1.54, 1.807) is 0 Å². The lowest BCUT2D eigenvalue weighted by atomic mass is 9.90. The number of hydrogen-bond acceptors (Lipinski definition) is 3. The quantitative estimate of drug-likeness (QED) is 0.526. The average molecular weight is 214 g/mol. The van der Waals surface area contributed by atoms with Gasteiger partial charge in [-0.15, -0.1) is 0 Å². The second-order valence-electron chi connectivity index (χ2n) is 3.60. The van der Waals surface area contributed by atoms with Crippen LogP contribution in [0.5, 0.6) is 0 Å². The van der Waals surface area contributed by atoms with E-state index in [0.29, 0.717) is 6.10 Å². The normalized spacial score (nSPS) is 31.6. The first-order chi connectivity index (χ1) is 7.04. The van der Waals surface area contributed by atoms with Gasteiger partial charge in [0.1, 0.15) is 0 Å². The van der Waals surface area contributed by atoms with Crippen LogP contribution in [0.15, 0.2) is 12.7 Å². The van der Waals surface area contributed by atoms with Gasteiger partial charge in [-0.25, -0.2) is 4.79 Å². The van der Waals surface area contributed by atoms with E-state index in [2.05, 4.69) is 6.58 Å². The molecule has 0 aromatic heterocycles. The maximum atomic E-state index is 10.5. The van der Waals surface area contributed by atoms with Crippen molar-refractivity contribution in [3.8, 4) is 0 Å². The van der Waals surface area contributed by atoms with Gasteiger partial charge >= 0.3 is 11.9 Å². The molecule has 0 bridgehead atoms. The molecular formula is C10H14O5. The molecule has 5 nitrogen and oxygen atoms in total. The lowest BCUT2D eigenvalue weighted by molar-refractivity contribution is -0.142. The molecule has 0 spiro atoms. The highest BCUT2D eigenvalue weighted by molar-refractivity contribution is 5.78. The fourth-order valence-corrected chi connectivity index (χ4v) is 1.63. The SMILES string of the molecule is C=CC(=O)O.O=C(O)C1CCC2OC2C1. The molecule has 1 aliphatic heterocycles. The molecule has 0 aromatic carbocycles. The van der Waals surface area contributed by atoms with Crippen molar-refractivity contribution < 1.29 is 24.5 Å². The van der Waals surface area contributed by atoms with E-state index < -0.39 is 11.9 Å². The fourth-order valence-electron chi connectivity index (χ4n) is 1.63. The Hall–Kier alpha value is -1.36. The van der Waals surface area contributed by atoms with Crippen molar-refractivity contribution in [1.82, 2.24) is 0 Å². The number of carboxylic acids is 2. The number of fused-ring (bicyclic) bond motifs is 1. The summed E-state index contributed by atoms with van der Waals surface area (Å²) in [6, 6.07) is 0. The zero-order valence-corrected chi connectivity index (χ0v) is 8.26. The van der Waals surface area contributed by atoms with Gasteiger partial charge in [0, 0.05) is 6.08 Å². The maximum Gasteiger partial charge on any atom is 0.327 e. The van der Waals surface area contributed by atoms with Crippen LogP contribution in [0.1, 0.15) is 19.3 Å². The number of carbonyl (C=O) groups is 2. The Morgan fingerprint density at radius 3 is 2.27 bits per heavy atom. The van der Waals surface area contributed by atoms with Gasteiger partial charge in [-0.3, -0.25) is 4.79 Å². The molecule has 1 saturated carbocycles. The van der Waals surface area contributed by atoms with Gasteiger partial charge < -0.3 is 14.9 Å². The highest BCUT2D eigenvalue weighted by atomic mass is 16.6. The summed E-state index contributed by atoms with van der Waals surface area (Å²) in [6.45, 7) is 2.96. The summed E-state index contributed by atoms with van der Waals surface area (Å²) in [4.78, 5) is 19.7. The fraction of sp³-hybridized carbons (Fsp3) is 0.600. The molecule has 2 rings (SSSR count). The van der Waals surface area contributed by atoms with Crippen molar-refractivity contribution in [3.63, 3.8) is 0 Å². The summed E-state index contributed by atoms with van der Waals surface area (Å²) < 4.78 is 5.19. The van der Waals surface area contributed by atoms with Crippen LogP contribution in [0.2, 0.25) is 0 Å². The first-order valence-electron chi connectivity index (χ1n) is 4.78. The molecule has 84 valence electrons. The summed E-state index contributed by atoms with van der Waals surface area (Å²) in [5, 5.41) is 16.2. The smallest absolute Gasteiger partial charge is 0.327 e. The first-order valence-corrected chi connectivity index (χ1v) is 4.78. The predicted molar refractivity (Wildman–Crippen MR) is 51.5 cm³/mol. The Morgan fingerprint density at radius 2 is 1.87 bits per heavy atom. The van der Waals surface area contributed by atoms with Crippen molar-refractivity contribution in [3.05, 3.63) is 12.7 Å². The van der Waals surface area contributed by atoms with E-state index in [4.69, 9.17) is 14.9 Å². The molecular weight excluding hydrogens is 200 g/mol. The van der Waals surface area contributed by atoms with Gasteiger partial charge in [0.15, 0.2) is 0 Å². The molecule has 1 heterocycles. The van der Waals surface area contributed by atoms with Gasteiger partial charge in [0.05, 0.1) is 18.1 Å². The lowest BCUT2D eigenvalue weighted by Crippen LogP contribution is -2.21. The third kappa shape index (κ3) is 3.71. The zero-order chi connectivity index (χ0) is 11.4. The third-order valence-corrected chi connectivity index (χ3v) is 2.53. The van der Waals surface area contributed by atoms with Crippen LogP contribution in [0.4, 0.5) is 0 Å². The molecule has 15 heavy (non-hydrogen) atoms. The van der Waals surface area contributed by atoms with E-state index in [-0.39, 0.29) is 12.0 Å². The highest BCUT2D eigenvalue weighted by Crippen LogP contribution is 2.39. The minimum absolute atomic E-state index is 0.135. The van der Waals surface area contributed by atoms with E-state index in [1.165, 1.54) is 0 Å². The van der Waals surface area contributed by atoms with Crippen LogP contribution in [0, 0.1) is 5.92 Å². The standard InChI is InChI=1S/C7H10O3.C3H4O2/c8-7(9)4-1-2-5-6(3-4)10-5;1-2-3(4)5/h4-6H,1-3H2,(H,8,9);2H,1H2,(H,4,5). The minimum atomic E-state index is -0.981. The van der Waals surface area contributed by atoms with Crippen LogP contribution in [-0.4, -0.2) is 34.4 Å².